The van der Waals surface area contributed by atoms with E-state index < -0.39 is 5.60 Å². The van der Waals surface area contributed by atoms with E-state index in [0.29, 0.717) is 11.4 Å². The Bertz CT molecular complexity index is 571. The molecule has 19 heavy (non-hydrogen) atoms. The number of aromatic nitrogens is 1. The zero-order valence-electron chi connectivity index (χ0n) is 11.8. The van der Waals surface area contributed by atoms with Gasteiger partial charge in [0.25, 0.3) is 0 Å². The second-order valence-corrected chi connectivity index (χ2v) is 5.00. The van der Waals surface area contributed by atoms with Gasteiger partial charge >= 0.3 is 0 Å². The van der Waals surface area contributed by atoms with Crippen molar-refractivity contribution < 1.29 is 9.84 Å². The van der Waals surface area contributed by atoms with Crippen molar-refractivity contribution in [1.82, 2.24) is 4.98 Å². The van der Waals surface area contributed by atoms with E-state index in [9.17, 15) is 5.11 Å². The van der Waals surface area contributed by atoms with Crippen molar-refractivity contribution in [2.24, 2.45) is 0 Å². The molecule has 1 N–H and O–H groups in total. The Labute approximate surface area is 113 Å². The van der Waals surface area contributed by atoms with E-state index in [1.54, 1.807) is 32.4 Å². The van der Waals surface area contributed by atoms with E-state index in [1.165, 1.54) is 0 Å². The van der Waals surface area contributed by atoms with Gasteiger partial charge in [-0.15, -0.1) is 0 Å². The van der Waals surface area contributed by atoms with E-state index >= 15 is 0 Å². The first-order chi connectivity index (χ1) is 8.95. The van der Waals surface area contributed by atoms with Gasteiger partial charge in [-0.25, -0.2) is 0 Å². The molecule has 0 spiro atoms. The average molecular weight is 257 g/mol. The zero-order valence-corrected chi connectivity index (χ0v) is 11.8. The molecule has 0 fully saturated rings. The van der Waals surface area contributed by atoms with Gasteiger partial charge in [-0.3, -0.25) is 4.98 Å². The lowest BCUT2D eigenvalue weighted by Gasteiger charge is -2.25. The van der Waals surface area contributed by atoms with Crippen molar-refractivity contribution in [3.63, 3.8) is 0 Å². The highest BCUT2D eigenvalue weighted by molar-refractivity contribution is 5.42. The number of hydrogen-bond donors (Lipinski definition) is 1. The van der Waals surface area contributed by atoms with Crippen LogP contribution in [0, 0.1) is 13.8 Å². The maximum Gasteiger partial charge on any atom is 0.143 e. The molecule has 1 aromatic heterocycles. The SMILES string of the molecule is COc1cccnc1C(C)(O)c1cc(C)cc(C)c1. The van der Waals surface area contributed by atoms with Crippen molar-refractivity contribution >= 4 is 0 Å². The Morgan fingerprint density at radius 2 is 1.79 bits per heavy atom. The maximum atomic E-state index is 10.9. The molecule has 1 atom stereocenters. The number of pyridine rings is 1. The van der Waals surface area contributed by atoms with E-state index in [-0.39, 0.29) is 0 Å². The summed E-state index contributed by atoms with van der Waals surface area (Å²) in [5, 5.41) is 10.9. The van der Waals surface area contributed by atoms with Crippen LogP contribution in [0.2, 0.25) is 0 Å². The molecule has 3 heteroatoms. The van der Waals surface area contributed by atoms with Crippen molar-refractivity contribution in [2.75, 3.05) is 7.11 Å². The van der Waals surface area contributed by atoms with Crippen molar-refractivity contribution in [3.05, 3.63) is 58.9 Å². The van der Waals surface area contributed by atoms with Gasteiger partial charge in [0.2, 0.25) is 0 Å². The summed E-state index contributed by atoms with van der Waals surface area (Å²) in [5.74, 6) is 0.589. The van der Waals surface area contributed by atoms with Gasteiger partial charge in [0, 0.05) is 6.20 Å². The first-order valence-electron chi connectivity index (χ1n) is 6.26. The van der Waals surface area contributed by atoms with Crippen LogP contribution in [0.1, 0.15) is 29.3 Å². The Morgan fingerprint density at radius 1 is 1.16 bits per heavy atom. The largest absolute Gasteiger partial charge is 0.495 e. The summed E-state index contributed by atoms with van der Waals surface area (Å²) in [6, 6.07) is 9.62. The average Bonchev–Trinajstić information content (AvgIpc) is 2.37. The highest BCUT2D eigenvalue weighted by Crippen LogP contribution is 2.34. The first kappa shape index (κ1) is 13.6. The summed E-state index contributed by atoms with van der Waals surface area (Å²) in [6.45, 7) is 5.77. The second-order valence-electron chi connectivity index (χ2n) is 5.00. The molecule has 3 nitrogen and oxygen atoms in total. The van der Waals surface area contributed by atoms with Gasteiger partial charge in [-0.1, -0.05) is 29.3 Å². The maximum absolute atomic E-state index is 10.9. The van der Waals surface area contributed by atoms with E-state index in [0.717, 1.165) is 16.7 Å². The lowest BCUT2D eigenvalue weighted by atomic mass is 9.89. The van der Waals surface area contributed by atoms with Gasteiger partial charge < -0.3 is 9.84 Å². The Balaban J connectivity index is 2.57. The van der Waals surface area contributed by atoms with Crippen molar-refractivity contribution in [1.29, 1.82) is 0 Å². The molecule has 2 rings (SSSR count). The van der Waals surface area contributed by atoms with E-state index in [1.807, 2.05) is 26.0 Å². The van der Waals surface area contributed by atoms with Gasteiger partial charge in [0.1, 0.15) is 17.0 Å². The van der Waals surface area contributed by atoms with Crippen molar-refractivity contribution in [3.8, 4) is 5.75 Å². The highest BCUT2D eigenvalue weighted by Gasteiger charge is 2.30. The number of rotatable bonds is 3. The van der Waals surface area contributed by atoms with Crippen LogP contribution in [-0.2, 0) is 5.60 Å². The smallest absolute Gasteiger partial charge is 0.143 e. The van der Waals surface area contributed by atoms with Crippen LogP contribution in [0.15, 0.2) is 36.5 Å². The van der Waals surface area contributed by atoms with Crippen LogP contribution in [0.4, 0.5) is 0 Å². The molecule has 0 amide bonds. The zero-order chi connectivity index (χ0) is 14.0. The monoisotopic (exact) mass is 257 g/mol. The summed E-state index contributed by atoms with van der Waals surface area (Å²) in [6.07, 6.45) is 1.66. The summed E-state index contributed by atoms with van der Waals surface area (Å²) >= 11 is 0. The van der Waals surface area contributed by atoms with Crippen LogP contribution in [0.5, 0.6) is 5.75 Å². The fourth-order valence-corrected chi connectivity index (χ4v) is 2.31. The summed E-state index contributed by atoms with van der Waals surface area (Å²) < 4.78 is 5.29. The number of aryl methyl sites for hydroxylation is 2. The fraction of sp³-hybridized carbons (Fsp3) is 0.312. The predicted octanol–water partition coefficient (Wildman–Crippen LogP) is 2.96. The summed E-state index contributed by atoms with van der Waals surface area (Å²) in [7, 11) is 1.58. The number of methoxy groups -OCH3 is 1. The normalized spacial score (nSPS) is 13.9. The third kappa shape index (κ3) is 2.61. The lowest BCUT2D eigenvalue weighted by molar-refractivity contribution is 0.0937. The Morgan fingerprint density at radius 3 is 2.37 bits per heavy atom. The van der Waals surface area contributed by atoms with Crippen LogP contribution in [0.3, 0.4) is 0 Å². The Hall–Kier alpha value is -1.87. The molecule has 1 aromatic carbocycles. The minimum atomic E-state index is -1.18. The minimum Gasteiger partial charge on any atom is -0.495 e. The number of nitrogens with zero attached hydrogens (tertiary/aromatic N) is 1. The van der Waals surface area contributed by atoms with Gasteiger partial charge in [-0.05, 0) is 38.5 Å². The molecule has 0 radical (unpaired) electrons. The highest BCUT2D eigenvalue weighted by atomic mass is 16.5. The molecule has 0 aliphatic rings. The predicted molar refractivity (Wildman–Crippen MR) is 75.4 cm³/mol. The number of hydrogen-bond acceptors (Lipinski definition) is 3. The second kappa shape index (κ2) is 5.02. The molecule has 1 unspecified atom stereocenters. The quantitative estimate of drug-likeness (QED) is 0.919. The fourth-order valence-electron chi connectivity index (χ4n) is 2.31. The number of aliphatic hydroxyl groups is 1. The summed E-state index contributed by atoms with van der Waals surface area (Å²) in [5.41, 5.74) is 2.41. The van der Waals surface area contributed by atoms with Gasteiger partial charge in [0.05, 0.1) is 7.11 Å². The molecule has 0 saturated heterocycles. The molecular formula is C16H19NO2. The molecule has 0 aliphatic carbocycles. The van der Waals surface area contributed by atoms with E-state index in [4.69, 9.17) is 4.74 Å². The molecule has 0 saturated carbocycles. The Kier molecular flexibility index (Phi) is 3.58. The number of ether oxygens (including phenoxy) is 1. The molecule has 100 valence electrons. The third-order valence-electron chi connectivity index (χ3n) is 3.24. The molecule has 2 aromatic rings. The van der Waals surface area contributed by atoms with Crippen molar-refractivity contribution in [2.45, 2.75) is 26.4 Å². The first-order valence-corrected chi connectivity index (χ1v) is 6.26. The van der Waals surface area contributed by atoms with Crippen LogP contribution < -0.4 is 4.74 Å². The topological polar surface area (TPSA) is 42.4 Å². The van der Waals surface area contributed by atoms with Crippen LogP contribution in [0.25, 0.3) is 0 Å². The molecule has 0 bridgehead atoms. The summed E-state index contributed by atoms with van der Waals surface area (Å²) in [4.78, 5) is 4.28. The molecule has 1 heterocycles. The number of benzene rings is 1. The van der Waals surface area contributed by atoms with Crippen LogP contribution in [-0.4, -0.2) is 17.2 Å². The minimum absolute atomic E-state index is 0.530. The van der Waals surface area contributed by atoms with Gasteiger partial charge in [0.15, 0.2) is 0 Å². The lowest BCUT2D eigenvalue weighted by Crippen LogP contribution is -2.25. The standard InChI is InChI=1S/C16H19NO2/c1-11-8-12(2)10-13(9-11)16(3,18)15-14(19-4)6-5-7-17-15/h5-10,18H,1-4H3. The van der Waals surface area contributed by atoms with Gasteiger partial charge in [-0.2, -0.15) is 0 Å². The van der Waals surface area contributed by atoms with E-state index in [2.05, 4.69) is 11.1 Å². The molecular weight excluding hydrogens is 238 g/mol. The molecule has 0 aliphatic heterocycles. The third-order valence-corrected chi connectivity index (χ3v) is 3.24. The van der Waals surface area contributed by atoms with Crippen LogP contribution >= 0.6 is 0 Å².